The standard InChI is InChI=1S/C14H24N4O/c1-11-13(10-16-18(11)9-5-8-15)14(19)17(2)12-6-3-4-7-12/h10,12H,3-9,15H2,1-2H3. The highest BCUT2D eigenvalue weighted by Crippen LogP contribution is 2.24. The van der Waals surface area contributed by atoms with Crippen LogP contribution in [0.15, 0.2) is 6.20 Å². The Labute approximate surface area is 114 Å². The van der Waals surface area contributed by atoms with Crippen LogP contribution in [0.25, 0.3) is 0 Å². The average molecular weight is 264 g/mol. The van der Waals surface area contributed by atoms with Crippen molar-refractivity contribution in [3.05, 3.63) is 17.5 Å². The van der Waals surface area contributed by atoms with Gasteiger partial charge in [-0.25, -0.2) is 0 Å². The molecule has 1 aliphatic carbocycles. The van der Waals surface area contributed by atoms with Crippen LogP contribution in [0.2, 0.25) is 0 Å². The number of hydrogen-bond acceptors (Lipinski definition) is 3. The Morgan fingerprint density at radius 3 is 2.84 bits per heavy atom. The number of aryl methyl sites for hydroxylation is 1. The highest BCUT2D eigenvalue weighted by Gasteiger charge is 2.26. The van der Waals surface area contributed by atoms with Crippen molar-refractivity contribution in [2.24, 2.45) is 5.73 Å². The van der Waals surface area contributed by atoms with Crippen molar-refractivity contribution in [3.63, 3.8) is 0 Å². The van der Waals surface area contributed by atoms with Crippen molar-refractivity contribution >= 4 is 5.91 Å². The van der Waals surface area contributed by atoms with E-state index in [1.54, 1.807) is 6.20 Å². The van der Waals surface area contributed by atoms with Crippen LogP contribution in [0.1, 0.15) is 48.2 Å². The summed E-state index contributed by atoms with van der Waals surface area (Å²) < 4.78 is 1.88. The topological polar surface area (TPSA) is 64.2 Å². The summed E-state index contributed by atoms with van der Waals surface area (Å²) in [5, 5.41) is 4.30. The van der Waals surface area contributed by atoms with E-state index in [9.17, 15) is 4.79 Å². The Morgan fingerprint density at radius 2 is 2.21 bits per heavy atom. The van der Waals surface area contributed by atoms with E-state index in [0.717, 1.165) is 37.1 Å². The van der Waals surface area contributed by atoms with Gasteiger partial charge in [-0.3, -0.25) is 9.48 Å². The lowest BCUT2D eigenvalue weighted by Gasteiger charge is -2.24. The van der Waals surface area contributed by atoms with Crippen LogP contribution < -0.4 is 5.73 Å². The summed E-state index contributed by atoms with van der Waals surface area (Å²) in [5.41, 5.74) is 7.18. The Bertz CT molecular complexity index is 435. The van der Waals surface area contributed by atoms with Gasteiger partial charge in [-0.15, -0.1) is 0 Å². The maximum absolute atomic E-state index is 12.5. The molecule has 106 valence electrons. The molecule has 19 heavy (non-hydrogen) atoms. The summed E-state index contributed by atoms with van der Waals surface area (Å²) in [6.45, 7) is 3.38. The third-order valence-corrected chi connectivity index (χ3v) is 4.10. The predicted molar refractivity (Wildman–Crippen MR) is 75.0 cm³/mol. The minimum absolute atomic E-state index is 0.100. The van der Waals surface area contributed by atoms with E-state index >= 15 is 0 Å². The molecule has 5 nitrogen and oxygen atoms in total. The monoisotopic (exact) mass is 264 g/mol. The van der Waals surface area contributed by atoms with Crippen molar-refractivity contribution in [1.29, 1.82) is 0 Å². The molecule has 0 spiro atoms. The zero-order valence-electron chi connectivity index (χ0n) is 11.9. The summed E-state index contributed by atoms with van der Waals surface area (Å²) in [7, 11) is 1.91. The van der Waals surface area contributed by atoms with Crippen LogP contribution >= 0.6 is 0 Å². The van der Waals surface area contributed by atoms with E-state index < -0.39 is 0 Å². The fourth-order valence-corrected chi connectivity index (χ4v) is 2.77. The van der Waals surface area contributed by atoms with Gasteiger partial charge in [-0.1, -0.05) is 12.8 Å². The van der Waals surface area contributed by atoms with Gasteiger partial charge in [0.1, 0.15) is 0 Å². The minimum Gasteiger partial charge on any atom is -0.339 e. The molecule has 5 heteroatoms. The van der Waals surface area contributed by atoms with Gasteiger partial charge in [-0.05, 0) is 32.7 Å². The minimum atomic E-state index is 0.100. The number of hydrogen-bond donors (Lipinski definition) is 1. The van der Waals surface area contributed by atoms with Gasteiger partial charge >= 0.3 is 0 Å². The zero-order chi connectivity index (χ0) is 13.8. The van der Waals surface area contributed by atoms with Crippen LogP contribution in [0.5, 0.6) is 0 Å². The van der Waals surface area contributed by atoms with Crippen LogP contribution in [0, 0.1) is 6.92 Å². The quantitative estimate of drug-likeness (QED) is 0.877. The van der Waals surface area contributed by atoms with Gasteiger partial charge < -0.3 is 10.6 Å². The molecule has 0 aromatic carbocycles. The Morgan fingerprint density at radius 1 is 1.53 bits per heavy atom. The lowest BCUT2D eigenvalue weighted by atomic mass is 10.1. The first kappa shape index (κ1) is 14.1. The SMILES string of the molecule is Cc1c(C(=O)N(C)C2CCCC2)cnn1CCCN. The molecule has 1 aliphatic rings. The molecule has 1 aromatic rings. The first-order valence-corrected chi connectivity index (χ1v) is 7.14. The summed E-state index contributed by atoms with van der Waals surface area (Å²) in [5.74, 6) is 0.100. The van der Waals surface area contributed by atoms with Crippen LogP contribution in [0.3, 0.4) is 0 Å². The molecule has 2 N–H and O–H groups in total. The van der Waals surface area contributed by atoms with E-state index in [1.807, 2.05) is 23.6 Å². The number of aromatic nitrogens is 2. The Balaban J connectivity index is 2.08. The fraction of sp³-hybridized carbons (Fsp3) is 0.714. The van der Waals surface area contributed by atoms with E-state index in [2.05, 4.69) is 5.10 Å². The van der Waals surface area contributed by atoms with Crippen molar-refractivity contribution in [3.8, 4) is 0 Å². The molecular formula is C14H24N4O. The number of rotatable bonds is 5. The van der Waals surface area contributed by atoms with Crippen molar-refractivity contribution < 1.29 is 4.79 Å². The molecule has 0 unspecified atom stereocenters. The normalized spacial score (nSPS) is 15.9. The van der Waals surface area contributed by atoms with Crippen molar-refractivity contribution in [2.45, 2.75) is 51.6 Å². The molecule has 0 radical (unpaired) electrons. The predicted octanol–water partition coefficient (Wildman–Crippen LogP) is 1.55. The lowest BCUT2D eigenvalue weighted by molar-refractivity contribution is 0.0734. The maximum atomic E-state index is 12.5. The van der Waals surface area contributed by atoms with Crippen molar-refractivity contribution in [2.75, 3.05) is 13.6 Å². The highest BCUT2D eigenvalue weighted by atomic mass is 16.2. The number of carbonyl (C=O) groups is 1. The van der Waals surface area contributed by atoms with Crippen molar-refractivity contribution in [1.82, 2.24) is 14.7 Å². The van der Waals surface area contributed by atoms with E-state index in [-0.39, 0.29) is 5.91 Å². The highest BCUT2D eigenvalue weighted by molar-refractivity contribution is 5.95. The summed E-state index contributed by atoms with van der Waals surface area (Å²) in [6, 6.07) is 0.402. The third kappa shape index (κ3) is 2.97. The van der Waals surface area contributed by atoms with Gasteiger partial charge in [-0.2, -0.15) is 5.10 Å². The third-order valence-electron chi connectivity index (χ3n) is 4.10. The lowest BCUT2D eigenvalue weighted by Crippen LogP contribution is -2.35. The fourth-order valence-electron chi connectivity index (χ4n) is 2.77. The first-order valence-electron chi connectivity index (χ1n) is 7.14. The summed E-state index contributed by atoms with van der Waals surface area (Å²) in [4.78, 5) is 14.4. The molecule has 1 saturated carbocycles. The number of nitrogens with zero attached hydrogens (tertiary/aromatic N) is 3. The smallest absolute Gasteiger partial charge is 0.257 e. The molecule has 1 aromatic heterocycles. The van der Waals surface area contributed by atoms with E-state index in [1.165, 1.54) is 12.8 Å². The van der Waals surface area contributed by atoms with Gasteiger partial charge in [0.2, 0.25) is 0 Å². The molecule has 1 heterocycles. The maximum Gasteiger partial charge on any atom is 0.257 e. The molecule has 0 saturated heterocycles. The molecule has 0 atom stereocenters. The van der Waals surface area contributed by atoms with Crippen LogP contribution in [0.4, 0.5) is 0 Å². The van der Waals surface area contributed by atoms with E-state index in [4.69, 9.17) is 5.73 Å². The molecule has 2 rings (SSSR count). The zero-order valence-corrected chi connectivity index (χ0v) is 11.9. The number of amides is 1. The van der Waals surface area contributed by atoms with Crippen LogP contribution in [-0.2, 0) is 6.54 Å². The van der Waals surface area contributed by atoms with Crippen LogP contribution in [-0.4, -0.2) is 40.2 Å². The molecule has 1 amide bonds. The van der Waals surface area contributed by atoms with Gasteiger partial charge in [0, 0.05) is 25.3 Å². The second-order valence-corrected chi connectivity index (χ2v) is 5.36. The molecule has 0 bridgehead atoms. The van der Waals surface area contributed by atoms with Gasteiger partial charge in [0.05, 0.1) is 11.8 Å². The summed E-state index contributed by atoms with van der Waals surface area (Å²) in [6.07, 6.45) is 7.30. The second kappa shape index (κ2) is 6.19. The molecule has 0 aliphatic heterocycles. The number of nitrogens with two attached hydrogens (primary N) is 1. The Hall–Kier alpha value is -1.36. The average Bonchev–Trinajstić information content (AvgIpc) is 3.05. The Kier molecular flexibility index (Phi) is 4.58. The number of carbonyl (C=O) groups excluding carboxylic acids is 1. The molecule has 1 fully saturated rings. The van der Waals surface area contributed by atoms with E-state index in [0.29, 0.717) is 12.6 Å². The second-order valence-electron chi connectivity index (χ2n) is 5.36. The van der Waals surface area contributed by atoms with Gasteiger partial charge in [0.15, 0.2) is 0 Å². The largest absolute Gasteiger partial charge is 0.339 e. The van der Waals surface area contributed by atoms with Gasteiger partial charge in [0.25, 0.3) is 5.91 Å². The summed E-state index contributed by atoms with van der Waals surface area (Å²) >= 11 is 0. The molecular weight excluding hydrogens is 240 g/mol. The first-order chi connectivity index (χ1) is 9.15.